The van der Waals surface area contributed by atoms with Gasteiger partial charge in [0.25, 0.3) is 5.91 Å². The lowest BCUT2D eigenvalue weighted by Gasteiger charge is -2.32. The molecule has 3 heterocycles. The highest BCUT2D eigenvalue weighted by Crippen LogP contribution is 2.29. The van der Waals surface area contributed by atoms with Crippen LogP contribution in [0, 0.1) is 5.92 Å². The summed E-state index contributed by atoms with van der Waals surface area (Å²) in [6.07, 6.45) is 1.47. The Morgan fingerprint density at radius 3 is 2.79 bits per heavy atom. The van der Waals surface area contributed by atoms with Crippen LogP contribution in [0.2, 0.25) is 10.0 Å². The maximum Gasteiger partial charge on any atom is 0.253 e. The molecule has 3 aromatic rings. The number of carbonyl (C=O) groups excluding carboxylic acids is 2. The van der Waals surface area contributed by atoms with Crippen LogP contribution in [0.5, 0.6) is 0 Å². The standard InChI is InChI=1S/C19H16Cl2N4O2S2/c20-14-4-3-11(8-15(14)21)18(27)25-6-1-2-12(9-25)16(26)22-19-24-23-17(29-19)13-5-7-28-10-13/h3-5,7-8,10,12H,1-2,6,9H2,(H,22,24,26). The molecule has 0 bridgehead atoms. The third-order valence-electron chi connectivity index (χ3n) is 4.67. The van der Waals surface area contributed by atoms with Crippen molar-refractivity contribution in [3.8, 4) is 10.6 Å². The van der Waals surface area contributed by atoms with Crippen molar-refractivity contribution in [2.75, 3.05) is 18.4 Å². The third kappa shape index (κ3) is 4.61. The molecule has 2 aromatic heterocycles. The van der Waals surface area contributed by atoms with E-state index in [4.69, 9.17) is 23.2 Å². The number of amides is 2. The van der Waals surface area contributed by atoms with E-state index in [1.807, 2.05) is 16.8 Å². The van der Waals surface area contributed by atoms with Gasteiger partial charge in [-0.05, 0) is 42.5 Å². The van der Waals surface area contributed by atoms with Gasteiger partial charge in [0.15, 0.2) is 0 Å². The number of nitrogens with one attached hydrogen (secondary N) is 1. The fourth-order valence-corrected chi connectivity index (χ4v) is 4.93. The predicted molar refractivity (Wildman–Crippen MR) is 117 cm³/mol. The molecule has 1 N–H and O–H groups in total. The Bertz CT molecular complexity index is 1040. The zero-order valence-corrected chi connectivity index (χ0v) is 18.2. The number of likely N-dealkylation sites (tertiary alicyclic amines) is 1. The Balaban J connectivity index is 1.40. The molecule has 1 atom stereocenters. The Morgan fingerprint density at radius 2 is 2.03 bits per heavy atom. The third-order valence-corrected chi connectivity index (χ3v) is 6.98. The van der Waals surface area contributed by atoms with Crippen LogP contribution in [0.15, 0.2) is 35.0 Å². The minimum absolute atomic E-state index is 0.148. The number of thiophene rings is 1. The zero-order valence-electron chi connectivity index (χ0n) is 15.1. The molecule has 10 heteroatoms. The van der Waals surface area contributed by atoms with Gasteiger partial charge in [-0.2, -0.15) is 11.3 Å². The monoisotopic (exact) mass is 466 g/mol. The number of aromatic nitrogens is 2. The molecule has 29 heavy (non-hydrogen) atoms. The average molecular weight is 467 g/mol. The second-order valence-electron chi connectivity index (χ2n) is 6.63. The van der Waals surface area contributed by atoms with E-state index < -0.39 is 0 Å². The van der Waals surface area contributed by atoms with Gasteiger partial charge in [0, 0.05) is 29.6 Å². The highest BCUT2D eigenvalue weighted by molar-refractivity contribution is 7.19. The first kappa shape index (κ1) is 20.3. The number of halogens is 2. The summed E-state index contributed by atoms with van der Waals surface area (Å²) in [4.78, 5) is 27.2. The van der Waals surface area contributed by atoms with Gasteiger partial charge >= 0.3 is 0 Å². The van der Waals surface area contributed by atoms with Crippen LogP contribution >= 0.6 is 45.9 Å². The summed E-state index contributed by atoms with van der Waals surface area (Å²) in [7, 11) is 0. The van der Waals surface area contributed by atoms with Gasteiger partial charge in [0.05, 0.1) is 16.0 Å². The quantitative estimate of drug-likeness (QED) is 0.582. The predicted octanol–water partition coefficient (Wildman–Crippen LogP) is 5.06. The van der Waals surface area contributed by atoms with Gasteiger partial charge in [-0.3, -0.25) is 9.59 Å². The lowest BCUT2D eigenvalue weighted by atomic mass is 9.96. The number of benzene rings is 1. The highest BCUT2D eigenvalue weighted by atomic mass is 35.5. The highest BCUT2D eigenvalue weighted by Gasteiger charge is 2.29. The smallest absolute Gasteiger partial charge is 0.253 e. The van der Waals surface area contributed by atoms with E-state index in [9.17, 15) is 9.59 Å². The van der Waals surface area contributed by atoms with E-state index in [0.717, 1.165) is 17.0 Å². The number of rotatable bonds is 4. The van der Waals surface area contributed by atoms with E-state index in [1.54, 1.807) is 34.4 Å². The Labute approximate surface area is 185 Å². The summed E-state index contributed by atoms with van der Waals surface area (Å²) < 4.78 is 0. The van der Waals surface area contributed by atoms with E-state index in [1.165, 1.54) is 11.3 Å². The summed E-state index contributed by atoms with van der Waals surface area (Å²) in [5.41, 5.74) is 1.45. The van der Waals surface area contributed by atoms with Crippen LogP contribution in [-0.2, 0) is 4.79 Å². The van der Waals surface area contributed by atoms with Gasteiger partial charge in [-0.15, -0.1) is 10.2 Å². The molecular weight excluding hydrogens is 451 g/mol. The topological polar surface area (TPSA) is 75.2 Å². The molecule has 4 rings (SSSR count). The molecule has 1 aliphatic heterocycles. The molecule has 1 fully saturated rings. The maximum atomic E-state index is 12.8. The van der Waals surface area contributed by atoms with Crippen LogP contribution in [0.3, 0.4) is 0 Å². The Morgan fingerprint density at radius 1 is 1.17 bits per heavy atom. The van der Waals surface area contributed by atoms with Gasteiger partial charge in [0.1, 0.15) is 5.01 Å². The van der Waals surface area contributed by atoms with Crippen molar-refractivity contribution in [3.05, 3.63) is 50.6 Å². The van der Waals surface area contributed by atoms with Crippen LogP contribution < -0.4 is 5.32 Å². The summed E-state index contributed by atoms with van der Waals surface area (Å²) in [5, 5.41) is 16.9. The minimum Gasteiger partial charge on any atom is -0.338 e. The van der Waals surface area contributed by atoms with Crippen LogP contribution in [-0.4, -0.2) is 40.0 Å². The van der Waals surface area contributed by atoms with Crippen molar-refractivity contribution in [3.63, 3.8) is 0 Å². The number of anilines is 1. The number of nitrogens with zero attached hydrogens (tertiary/aromatic N) is 3. The van der Waals surface area contributed by atoms with Crippen LogP contribution in [0.1, 0.15) is 23.2 Å². The maximum absolute atomic E-state index is 12.8. The Kier molecular flexibility index (Phi) is 6.15. The first-order chi connectivity index (χ1) is 14.0. The molecular formula is C19H16Cl2N4O2S2. The van der Waals surface area contributed by atoms with Crippen LogP contribution in [0.4, 0.5) is 5.13 Å². The molecule has 6 nitrogen and oxygen atoms in total. The molecule has 1 aliphatic rings. The van der Waals surface area contributed by atoms with E-state index >= 15 is 0 Å². The van der Waals surface area contributed by atoms with Crippen LogP contribution in [0.25, 0.3) is 10.6 Å². The normalized spacial score (nSPS) is 16.6. The molecule has 150 valence electrons. The number of carbonyl (C=O) groups is 2. The summed E-state index contributed by atoms with van der Waals surface area (Å²) >= 11 is 14.9. The lowest BCUT2D eigenvalue weighted by Crippen LogP contribution is -2.43. The summed E-state index contributed by atoms with van der Waals surface area (Å²) in [6.45, 7) is 0.949. The van der Waals surface area contributed by atoms with Crippen molar-refractivity contribution in [1.29, 1.82) is 0 Å². The van der Waals surface area contributed by atoms with Crippen molar-refractivity contribution in [2.24, 2.45) is 5.92 Å². The molecule has 1 unspecified atom stereocenters. The molecule has 0 spiro atoms. The molecule has 0 saturated carbocycles. The fourth-order valence-electron chi connectivity index (χ4n) is 3.17. The molecule has 1 aromatic carbocycles. The van der Waals surface area contributed by atoms with Gasteiger partial charge in [-0.1, -0.05) is 34.5 Å². The van der Waals surface area contributed by atoms with Crippen molar-refractivity contribution in [1.82, 2.24) is 15.1 Å². The second kappa shape index (κ2) is 8.79. The molecule has 2 amide bonds. The van der Waals surface area contributed by atoms with Gasteiger partial charge in [0.2, 0.25) is 11.0 Å². The molecule has 1 saturated heterocycles. The molecule has 0 aliphatic carbocycles. The number of hydrogen-bond donors (Lipinski definition) is 1. The van der Waals surface area contributed by atoms with E-state index in [0.29, 0.717) is 40.3 Å². The first-order valence-electron chi connectivity index (χ1n) is 8.92. The summed E-state index contributed by atoms with van der Waals surface area (Å²) in [5.74, 6) is -0.606. The van der Waals surface area contributed by atoms with E-state index in [-0.39, 0.29) is 17.7 Å². The van der Waals surface area contributed by atoms with Crippen molar-refractivity contribution >= 4 is 62.8 Å². The Hall–Kier alpha value is -2.00. The van der Waals surface area contributed by atoms with Crippen molar-refractivity contribution in [2.45, 2.75) is 12.8 Å². The van der Waals surface area contributed by atoms with Gasteiger partial charge < -0.3 is 10.2 Å². The van der Waals surface area contributed by atoms with Crippen molar-refractivity contribution < 1.29 is 9.59 Å². The molecule has 0 radical (unpaired) electrons. The largest absolute Gasteiger partial charge is 0.338 e. The zero-order chi connectivity index (χ0) is 20.4. The van der Waals surface area contributed by atoms with E-state index in [2.05, 4.69) is 15.5 Å². The number of hydrogen-bond acceptors (Lipinski definition) is 6. The summed E-state index contributed by atoms with van der Waals surface area (Å²) in [6, 6.07) is 6.77. The fraction of sp³-hybridized carbons (Fsp3) is 0.263. The lowest BCUT2D eigenvalue weighted by molar-refractivity contribution is -0.121. The van der Waals surface area contributed by atoms with Gasteiger partial charge in [-0.25, -0.2) is 0 Å². The number of piperidine rings is 1. The average Bonchev–Trinajstić information content (AvgIpc) is 3.41. The second-order valence-corrected chi connectivity index (χ2v) is 9.20. The SMILES string of the molecule is O=C(Nc1nnc(-c2ccsc2)s1)C1CCCN(C(=O)c2ccc(Cl)c(Cl)c2)C1. The first-order valence-corrected chi connectivity index (χ1v) is 11.4. The minimum atomic E-state index is -0.302.